The van der Waals surface area contributed by atoms with Crippen molar-refractivity contribution in [2.24, 2.45) is 0 Å². The molecule has 25 nitrogen and oxygen atoms in total. The lowest BCUT2D eigenvalue weighted by atomic mass is 10.1. The van der Waals surface area contributed by atoms with Gasteiger partial charge in [0.25, 0.3) is 57.3 Å². The van der Waals surface area contributed by atoms with Crippen molar-refractivity contribution in [3.8, 4) is 0 Å². The number of pyridine rings is 5. The Balaban J connectivity index is 0.000000128. The van der Waals surface area contributed by atoms with Crippen LogP contribution in [-0.4, -0.2) is 79.0 Å². The van der Waals surface area contributed by atoms with Gasteiger partial charge in [0, 0.05) is 89.2 Å². The molecule has 0 saturated carbocycles. The van der Waals surface area contributed by atoms with Gasteiger partial charge in [0.1, 0.15) is 17.3 Å². The zero-order chi connectivity index (χ0) is 100. The lowest BCUT2D eigenvalue weighted by Crippen LogP contribution is -2.32. The van der Waals surface area contributed by atoms with E-state index in [0.717, 1.165) is 103 Å². The number of nitrogens with one attached hydrogen (secondary N) is 5. The largest absolute Gasteiger partial charge is 0.467 e. The molecule has 0 spiro atoms. The molecule has 0 unspecified atom stereocenters. The molecule has 20 rings (SSSR count). The van der Waals surface area contributed by atoms with Crippen molar-refractivity contribution >= 4 is 112 Å². The molecule has 143 heavy (non-hydrogen) atoms. The first kappa shape index (κ1) is 98.8. The number of furan rings is 5. The smallest absolute Gasteiger partial charge is 0.290 e. The number of fused-ring (bicyclic) bond motifs is 5. The third-order valence-corrected chi connectivity index (χ3v) is 24.7. The van der Waals surface area contributed by atoms with Gasteiger partial charge in [-0.05, 0) is 285 Å². The summed E-state index contributed by atoms with van der Waals surface area (Å²) in [7, 11) is 0. The van der Waals surface area contributed by atoms with Crippen LogP contribution in [0, 0.1) is 41.5 Å². The number of aromatic amines is 5. The van der Waals surface area contributed by atoms with Gasteiger partial charge < -0.3 is 71.5 Å². The number of H-pyrrole nitrogens is 5. The van der Waals surface area contributed by atoms with E-state index in [0.29, 0.717) is 79.9 Å². The second-order valence-corrected chi connectivity index (χ2v) is 36.2. The van der Waals surface area contributed by atoms with Crippen LogP contribution in [-0.2, 0) is 65.4 Å². The van der Waals surface area contributed by atoms with Crippen LogP contribution in [0.4, 0.5) is 0 Å². The number of benzene rings is 10. The summed E-state index contributed by atoms with van der Waals surface area (Å²) in [5.74, 6) is 1.44. The fourth-order valence-electron chi connectivity index (χ4n) is 16.4. The Morgan fingerprint density at radius 3 is 0.923 bits per heavy atom. The molecule has 0 saturated heterocycles. The highest BCUT2D eigenvalue weighted by atomic mass is 79.9. The predicted molar refractivity (Wildman–Crippen MR) is 558 cm³/mol. The lowest BCUT2D eigenvalue weighted by Gasteiger charge is -2.22. The van der Waals surface area contributed by atoms with E-state index < -0.39 is 0 Å². The average molecular weight is 1990 g/mol. The first-order chi connectivity index (χ1) is 69.2. The number of nitrogens with zero attached hydrogens (tertiary/aromatic N) is 5. The highest BCUT2D eigenvalue weighted by Crippen LogP contribution is 2.27. The van der Waals surface area contributed by atoms with E-state index in [9.17, 15) is 47.9 Å². The van der Waals surface area contributed by atoms with Crippen LogP contribution in [0.15, 0.2) is 397 Å². The van der Waals surface area contributed by atoms with Gasteiger partial charge in [-0.1, -0.05) is 171 Å². The van der Waals surface area contributed by atoms with Crippen LogP contribution in [0.2, 0.25) is 5.02 Å². The Kier molecular flexibility index (Phi) is 31.8. The molecule has 0 radical (unpaired) electrons. The number of aromatic nitrogens is 5. The van der Waals surface area contributed by atoms with Gasteiger partial charge in [-0.25, -0.2) is 0 Å². The summed E-state index contributed by atoms with van der Waals surface area (Å²) in [6.07, 6.45) is 7.66. The number of carbonyl (C=O) groups excluding carboxylic acids is 5. The predicted octanol–water partition coefficient (Wildman–Crippen LogP) is 23.1. The van der Waals surface area contributed by atoms with Crippen LogP contribution < -0.4 is 27.8 Å². The molecule has 5 N–H and O–H groups in total. The standard InChI is InChI=1S/C24H22N2O3.C23H19BrN2O3.C23H19ClN2O3.2C23H20N2O3/c1-16-5-8-18(9-6-16)14-26(24(28)22-4-3-11-29-22)15-20-13-19-12-17(2)7-10-21(19)25-23(20)27;2*1-15-4-9-21-17(11-15)12-18(22(27)25-21)13-26(14-20-3-2-10-29-20)23(28)16-5-7-19(24)8-6-16;1-16-7-5-10-18-13-19(22(26)24-21(16)18)14-25(15-20-11-6-12-28-20)23(27)17-8-3-2-4-9-17;1-16-9-10-20-18(12-16)13-19(22(26)24-20)15-25(14-17-6-3-2-4-7-17)23(27)21-8-5-11-28-21/h3-13H,14-15H2,1-2H3,(H,25,27);2*2-12H,13-14H2,1H3,(H,25,27);2*2-13H,14-15H2,1H3,(H,24,26). The summed E-state index contributed by atoms with van der Waals surface area (Å²) >= 11 is 9.33. The van der Waals surface area contributed by atoms with Crippen molar-refractivity contribution in [1.82, 2.24) is 49.4 Å². The number of carbonyl (C=O) groups is 5. The molecule has 0 atom stereocenters. The highest BCUT2D eigenvalue weighted by molar-refractivity contribution is 9.10. The molecule has 10 aromatic heterocycles. The van der Waals surface area contributed by atoms with E-state index >= 15 is 0 Å². The number of hydrogen-bond donors (Lipinski definition) is 5. The van der Waals surface area contributed by atoms with Gasteiger partial charge in [0.2, 0.25) is 0 Å². The summed E-state index contributed by atoms with van der Waals surface area (Å²) in [6.45, 7) is 14.5. The Bertz CT molecular complexity index is 7850. The fourth-order valence-corrected chi connectivity index (χ4v) is 16.8. The number of para-hydroxylation sites is 1. The minimum atomic E-state index is -0.252. The Hall–Kier alpha value is -17.2. The lowest BCUT2D eigenvalue weighted by molar-refractivity contribution is 0.0691. The van der Waals surface area contributed by atoms with E-state index in [1.807, 2.05) is 260 Å². The third-order valence-electron chi connectivity index (χ3n) is 23.9. The minimum Gasteiger partial charge on any atom is -0.467 e. The van der Waals surface area contributed by atoms with Crippen LogP contribution >= 0.6 is 27.5 Å². The maximum absolute atomic E-state index is 13.2. The molecule has 0 aliphatic carbocycles. The van der Waals surface area contributed by atoms with Crippen LogP contribution in [0.1, 0.15) is 142 Å². The molecular weight excluding hydrogens is 1890 g/mol. The third kappa shape index (κ3) is 25.8. The van der Waals surface area contributed by atoms with Gasteiger partial charge in [0.05, 0.1) is 89.2 Å². The maximum atomic E-state index is 13.2. The van der Waals surface area contributed by atoms with Gasteiger partial charge in [-0.3, -0.25) is 47.9 Å². The molecule has 5 amide bonds. The van der Waals surface area contributed by atoms with Crippen molar-refractivity contribution in [1.29, 1.82) is 0 Å². The first-order valence-electron chi connectivity index (χ1n) is 46.1. The molecule has 718 valence electrons. The number of halogens is 2. The minimum absolute atomic E-state index is 0.152. The second kappa shape index (κ2) is 46.0. The van der Waals surface area contributed by atoms with E-state index in [1.54, 1.807) is 140 Å². The Labute approximate surface area is 834 Å². The number of aryl methyl sites for hydroxylation is 6. The monoisotopic (exact) mass is 1990 g/mol. The van der Waals surface area contributed by atoms with E-state index in [-0.39, 0.29) is 121 Å². The topological polar surface area (TPSA) is 332 Å². The van der Waals surface area contributed by atoms with Gasteiger partial charge in [0.15, 0.2) is 11.5 Å². The van der Waals surface area contributed by atoms with Gasteiger partial charge >= 0.3 is 0 Å². The average Bonchev–Trinajstić information content (AvgIpc) is 1.31. The fraction of sp³-hybridized carbons (Fsp3) is 0.138. The molecular formula is C116H100BrClN10O15. The van der Waals surface area contributed by atoms with Crippen molar-refractivity contribution in [2.45, 2.75) is 107 Å². The molecule has 20 aromatic rings. The van der Waals surface area contributed by atoms with Crippen LogP contribution in [0.3, 0.4) is 0 Å². The molecule has 0 aliphatic heterocycles. The molecule has 27 heteroatoms. The van der Waals surface area contributed by atoms with E-state index in [1.165, 1.54) is 12.5 Å². The van der Waals surface area contributed by atoms with E-state index in [4.69, 9.17) is 33.7 Å². The van der Waals surface area contributed by atoms with Crippen molar-refractivity contribution in [3.05, 3.63) is 526 Å². The molecule has 0 fully saturated rings. The van der Waals surface area contributed by atoms with Gasteiger partial charge in [-0.15, -0.1) is 0 Å². The Morgan fingerprint density at radius 2 is 0.573 bits per heavy atom. The summed E-state index contributed by atoms with van der Waals surface area (Å²) in [5, 5.41) is 5.25. The highest BCUT2D eigenvalue weighted by Gasteiger charge is 2.27. The number of rotatable bonds is 25. The van der Waals surface area contributed by atoms with Crippen molar-refractivity contribution in [3.63, 3.8) is 0 Å². The van der Waals surface area contributed by atoms with E-state index in [2.05, 4.69) is 40.8 Å². The zero-order valence-electron chi connectivity index (χ0n) is 79.1. The quantitative estimate of drug-likeness (QED) is 0.0355. The van der Waals surface area contributed by atoms with Crippen molar-refractivity contribution in [2.75, 3.05) is 0 Å². The summed E-state index contributed by atoms with van der Waals surface area (Å²) in [5.41, 5.74) is 15.8. The first-order valence-corrected chi connectivity index (χ1v) is 47.3. The van der Waals surface area contributed by atoms with Crippen LogP contribution in [0.5, 0.6) is 0 Å². The molecule has 10 aromatic carbocycles. The Morgan fingerprint density at radius 1 is 0.266 bits per heavy atom. The summed E-state index contributed by atoms with van der Waals surface area (Å²) in [6, 6.07) is 96.6. The normalized spacial score (nSPS) is 10.9. The summed E-state index contributed by atoms with van der Waals surface area (Å²) < 4.78 is 27.8. The SMILES string of the molecule is Cc1ccc(CN(Cc2cc3cc(C)ccc3[nH]c2=O)C(=O)c2ccco2)cc1.Cc1ccc2[nH]c(=O)c(CN(Cc3ccccc3)C(=O)c3ccco3)cc2c1.Cc1ccc2[nH]c(=O)c(CN(Cc3ccco3)C(=O)c3ccc(Br)cc3)cc2c1.Cc1ccc2[nH]c(=O)c(CN(Cc3ccco3)C(=O)c3ccc(Cl)cc3)cc2c1.Cc1cccc2cc(CN(Cc3ccco3)C(=O)c3ccccc3)c(=O)[nH]c12. The zero-order valence-corrected chi connectivity index (χ0v) is 81.4. The summed E-state index contributed by atoms with van der Waals surface area (Å²) in [4.78, 5) is 151. The number of amides is 5. The molecule has 0 aliphatic rings. The van der Waals surface area contributed by atoms with Gasteiger partial charge in [-0.2, -0.15) is 0 Å². The number of hydrogen-bond acceptors (Lipinski definition) is 15. The molecule has 10 heterocycles. The maximum Gasteiger partial charge on any atom is 0.290 e. The van der Waals surface area contributed by atoms with Crippen molar-refractivity contribution < 1.29 is 46.1 Å². The second-order valence-electron chi connectivity index (χ2n) is 34.9. The van der Waals surface area contributed by atoms with Crippen LogP contribution in [0.25, 0.3) is 54.5 Å². The molecule has 0 bridgehead atoms.